The zero-order valence-electron chi connectivity index (χ0n) is 8.92. The third-order valence-electron chi connectivity index (χ3n) is 2.62. The maximum absolute atomic E-state index is 11.9. The Morgan fingerprint density at radius 2 is 2.44 bits per heavy atom. The molecule has 1 N–H and O–H groups in total. The first-order chi connectivity index (χ1) is 7.65. The van der Waals surface area contributed by atoms with Crippen LogP contribution in [-0.4, -0.2) is 32.0 Å². The quantitative estimate of drug-likeness (QED) is 0.760. The van der Waals surface area contributed by atoms with Gasteiger partial charge in [-0.1, -0.05) is 6.92 Å². The van der Waals surface area contributed by atoms with E-state index in [1.807, 2.05) is 0 Å². The first kappa shape index (κ1) is 10.9. The van der Waals surface area contributed by atoms with Gasteiger partial charge in [-0.2, -0.15) is 9.78 Å². The predicted molar refractivity (Wildman–Crippen MR) is 53.1 cm³/mol. The van der Waals surface area contributed by atoms with Crippen LogP contribution in [0.5, 0.6) is 0 Å². The molecular formula is C9H13N3O4. The van der Waals surface area contributed by atoms with Crippen molar-refractivity contribution in [3.05, 3.63) is 16.3 Å². The van der Waals surface area contributed by atoms with Gasteiger partial charge in [-0.05, 0) is 6.42 Å². The third kappa shape index (κ3) is 1.63. The van der Waals surface area contributed by atoms with E-state index < -0.39 is 12.0 Å². The molecule has 0 saturated heterocycles. The zero-order chi connectivity index (χ0) is 11.7. The molecule has 1 aromatic rings. The van der Waals surface area contributed by atoms with E-state index in [1.54, 1.807) is 6.92 Å². The van der Waals surface area contributed by atoms with Crippen molar-refractivity contribution in [3.63, 3.8) is 0 Å². The van der Waals surface area contributed by atoms with Gasteiger partial charge in [0.15, 0.2) is 11.9 Å². The molecule has 2 heterocycles. The number of fused-ring (bicyclic) bond motifs is 1. The number of hydrogen-bond acceptors (Lipinski definition) is 4. The molecule has 7 nitrogen and oxygen atoms in total. The van der Waals surface area contributed by atoms with Gasteiger partial charge in [0.05, 0.1) is 13.2 Å². The average molecular weight is 227 g/mol. The molecule has 2 rings (SSSR count). The lowest BCUT2D eigenvalue weighted by molar-refractivity contribution is -0.141. The summed E-state index contributed by atoms with van der Waals surface area (Å²) in [5, 5.41) is 13.0. The summed E-state index contributed by atoms with van der Waals surface area (Å²) in [4.78, 5) is 22.8. The Morgan fingerprint density at radius 1 is 1.69 bits per heavy atom. The number of ether oxygens (including phenoxy) is 1. The highest BCUT2D eigenvalue weighted by Crippen LogP contribution is 2.10. The van der Waals surface area contributed by atoms with Gasteiger partial charge >= 0.3 is 11.7 Å². The molecule has 0 unspecified atom stereocenters. The lowest BCUT2D eigenvalue weighted by atomic mass is 10.2. The summed E-state index contributed by atoms with van der Waals surface area (Å²) in [6.45, 7) is 2.87. The smallest absolute Gasteiger partial charge is 0.346 e. The largest absolute Gasteiger partial charge is 0.480 e. The molecule has 0 saturated carbocycles. The maximum Gasteiger partial charge on any atom is 0.346 e. The van der Waals surface area contributed by atoms with E-state index in [1.165, 1.54) is 4.57 Å². The van der Waals surface area contributed by atoms with Crippen molar-refractivity contribution < 1.29 is 14.6 Å². The molecule has 0 aliphatic carbocycles. The number of carbonyl (C=O) groups is 1. The topological polar surface area (TPSA) is 86.4 Å². The predicted octanol–water partition coefficient (Wildman–Crippen LogP) is -0.389. The fourth-order valence-corrected chi connectivity index (χ4v) is 1.76. The summed E-state index contributed by atoms with van der Waals surface area (Å²) in [7, 11) is 0. The van der Waals surface area contributed by atoms with Crippen molar-refractivity contribution >= 4 is 5.97 Å². The molecule has 7 heteroatoms. The maximum atomic E-state index is 11.9. The van der Waals surface area contributed by atoms with Crippen LogP contribution in [0.4, 0.5) is 0 Å². The Kier molecular flexibility index (Phi) is 2.78. The number of nitrogens with zero attached hydrogens (tertiary/aromatic N) is 3. The number of aromatic nitrogens is 3. The molecule has 1 aromatic heterocycles. The second kappa shape index (κ2) is 4.09. The normalized spacial score (nSPS) is 16.8. The van der Waals surface area contributed by atoms with E-state index in [0.29, 0.717) is 25.4 Å². The number of carboxylic acids is 1. The number of carboxylic acid groups (broad SMARTS) is 1. The van der Waals surface area contributed by atoms with Gasteiger partial charge in [-0.3, -0.25) is 4.57 Å². The molecule has 1 atom stereocenters. The molecule has 1 aliphatic heterocycles. The van der Waals surface area contributed by atoms with Gasteiger partial charge in [-0.25, -0.2) is 9.59 Å². The molecule has 0 radical (unpaired) electrons. The van der Waals surface area contributed by atoms with E-state index >= 15 is 0 Å². The highest BCUT2D eigenvalue weighted by molar-refractivity contribution is 5.71. The Morgan fingerprint density at radius 3 is 3.00 bits per heavy atom. The van der Waals surface area contributed by atoms with Gasteiger partial charge in [0.2, 0.25) is 0 Å². The van der Waals surface area contributed by atoms with Gasteiger partial charge < -0.3 is 9.84 Å². The molecule has 0 aromatic carbocycles. The fraction of sp³-hybridized carbons (Fsp3) is 0.667. The number of hydrogen-bond donors (Lipinski definition) is 1. The van der Waals surface area contributed by atoms with Crippen molar-refractivity contribution in [2.75, 3.05) is 6.61 Å². The Bertz CT molecular complexity index is 462. The first-order valence-electron chi connectivity index (χ1n) is 5.14. The standard InChI is InChI=1S/C9H13N3O4/c1-2-6(8(13)14)12-9(15)11-3-4-16-5-7(11)10-12/h6H,2-5H2,1H3,(H,13,14)/t6-/m1/s1. The van der Waals surface area contributed by atoms with Crippen LogP contribution in [0.1, 0.15) is 25.2 Å². The van der Waals surface area contributed by atoms with Crippen molar-refractivity contribution in [2.45, 2.75) is 32.5 Å². The summed E-state index contributed by atoms with van der Waals surface area (Å²) in [5.74, 6) is -0.545. The first-order valence-corrected chi connectivity index (χ1v) is 5.14. The molecule has 0 amide bonds. The summed E-state index contributed by atoms with van der Waals surface area (Å²) in [5.41, 5.74) is -0.368. The van der Waals surface area contributed by atoms with E-state index in [-0.39, 0.29) is 12.3 Å². The Balaban J connectivity index is 2.45. The summed E-state index contributed by atoms with van der Waals surface area (Å²) in [6, 6.07) is -0.898. The molecule has 88 valence electrons. The summed E-state index contributed by atoms with van der Waals surface area (Å²) >= 11 is 0. The van der Waals surface area contributed by atoms with Gasteiger partial charge in [-0.15, -0.1) is 0 Å². The summed E-state index contributed by atoms with van der Waals surface area (Å²) < 4.78 is 7.66. The van der Waals surface area contributed by atoms with Crippen molar-refractivity contribution in [1.82, 2.24) is 14.3 Å². The summed E-state index contributed by atoms with van der Waals surface area (Å²) in [6.07, 6.45) is 0.326. The van der Waals surface area contributed by atoms with Crippen LogP contribution >= 0.6 is 0 Å². The average Bonchev–Trinajstić information content (AvgIpc) is 2.58. The second-order valence-electron chi connectivity index (χ2n) is 3.61. The fourth-order valence-electron chi connectivity index (χ4n) is 1.76. The molecule has 0 bridgehead atoms. The minimum atomic E-state index is -1.04. The van der Waals surface area contributed by atoms with Crippen LogP contribution in [0.2, 0.25) is 0 Å². The molecule has 1 aliphatic rings. The highest BCUT2D eigenvalue weighted by atomic mass is 16.5. The van der Waals surface area contributed by atoms with Crippen LogP contribution < -0.4 is 5.69 Å². The Labute approximate surface area is 91.2 Å². The van der Waals surface area contributed by atoms with Crippen LogP contribution in [0.3, 0.4) is 0 Å². The van der Waals surface area contributed by atoms with E-state index in [9.17, 15) is 9.59 Å². The SMILES string of the molecule is CC[C@H](C(=O)O)n1nc2n(c1=O)CCOC2. The minimum absolute atomic E-state index is 0.262. The van der Waals surface area contributed by atoms with Crippen LogP contribution in [0.15, 0.2) is 4.79 Å². The molecular weight excluding hydrogens is 214 g/mol. The van der Waals surface area contributed by atoms with Crippen molar-refractivity contribution in [1.29, 1.82) is 0 Å². The van der Waals surface area contributed by atoms with E-state index in [4.69, 9.17) is 9.84 Å². The molecule has 0 spiro atoms. The molecule has 16 heavy (non-hydrogen) atoms. The minimum Gasteiger partial charge on any atom is -0.480 e. The van der Waals surface area contributed by atoms with Crippen LogP contribution in [0.25, 0.3) is 0 Å². The van der Waals surface area contributed by atoms with Crippen LogP contribution in [0, 0.1) is 0 Å². The van der Waals surface area contributed by atoms with E-state index in [0.717, 1.165) is 4.68 Å². The monoisotopic (exact) mass is 227 g/mol. The third-order valence-corrected chi connectivity index (χ3v) is 2.62. The lowest BCUT2D eigenvalue weighted by Gasteiger charge is -2.11. The Hall–Kier alpha value is -1.63. The van der Waals surface area contributed by atoms with Gasteiger partial charge in [0.1, 0.15) is 6.61 Å². The lowest BCUT2D eigenvalue weighted by Crippen LogP contribution is -2.33. The van der Waals surface area contributed by atoms with Gasteiger partial charge in [0, 0.05) is 0 Å². The van der Waals surface area contributed by atoms with Gasteiger partial charge in [0.25, 0.3) is 0 Å². The zero-order valence-corrected chi connectivity index (χ0v) is 8.92. The number of aliphatic carboxylic acids is 1. The second-order valence-corrected chi connectivity index (χ2v) is 3.61. The van der Waals surface area contributed by atoms with E-state index in [2.05, 4.69) is 5.10 Å². The van der Waals surface area contributed by atoms with Crippen molar-refractivity contribution in [3.8, 4) is 0 Å². The van der Waals surface area contributed by atoms with Crippen LogP contribution in [-0.2, 0) is 22.7 Å². The highest BCUT2D eigenvalue weighted by Gasteiger charge is 2.25. The molecule has 0 fully saturated rings. The van der Waals surface area contributed by atoms with Crippen molar-refractivity contribution in [2.24, 2.45) is 0 Å². The number of rotatable bonds is 3.